The van der Waals surface area contributed by atoms with Gasteiger partial charge in [-0.15, -0.1) is 0 Å². The molecule has 4 aliphatic rings. The highest BCUT2D eigenvalue weighted by molar-refractivity contribution is 5.93. The van der Waals surface area contributed by atoms with Crippen LogP contribution in [0.3, 0.4) is 0 Å². The highest BCUT2D eigenvalue weighted by Gasteiger charge is 2.51. The maximum absolute atomic E-state index is 12.5. The SMILES string of the molecule is NC(=O)c1cccc(CNC(=O)CNC(=O)CC23CC4CC(CC(C4)C2)C3)c1. The number of rotatable bonds is 7. The van der Waals surface area contributed by atoms with Crippen LogP contribution in [0.15, 0.2) is 24.3 Å². The summed E-state index contributed by atoms with van der Waals surface area (Å²) in [5, 5.41) is 5.57. The minimum absolute atomic E-state index is 0.00664. The van der Waals surface area contributed by atoms with E-state index in [-0.39, 0.29) is 23.8 Å². The monoisotopic (exact) mass is 383 g/mol. The van der Waals surface area contributed by atoms with Crippen molar-refractivity contribution < 1.29 is 14.4 Å². The van der Waals surface area contributed by atoms with Gasteiger partial charge in [-0.3, -0.25) is 14.4 Å². The molecule has 0 heterocycles. The van der Waals surface area contributed by atoms with Crippen LogP contribution in [-0.2, 0) is 16.1 Å². The molecule has 0 aliphatic heterocycles. The van der Waals surface area contributed by atoms with Crippen molar-refractivity contribution in [2.45, 2.75) is 51.5 Å². The third-order valence-electron chi connectivity index (χ3n) is 6.85. The van der Waals surface area contributed by atoms with Crippen molar-refractivity contribution in [2.24, 2.45) is 28.9 Å². The van der Waals surface area contributed by atoms with Crippen LogP contribution in [-0.4, -0.2) is 24.3 Å². The summed E-state index contributed by atoms with van der Waals surface area (Å²) in [6.07, 6.45) is 8.21. The van der Waals surface area contributed by atoms with Gasteiger partial charge in [0.1, 0.15) is 0 Å². The molecule has 1 aromatic rings. The second kappa shape index (κ2) is 7.57. The van der Waals surface area contributed by atoms with Gasteiger partial charge in [0.25, 0.3) is 0 Å². The summed E-state index contributed by atoms with van der Waals surface area (Å²) >= 11 is 0. The fraction of sp³-hybridized carbons (Fsp3) is 0.591. The maximum atomic E-state index is 12.5. The van der Waals surface area contributed by atoms with Gasteiger partial charge in [-0.2, -0.15) is 0 Å². The molecule has 0 spiro atoms. The number of amides is 3. The van der Waals surface area contributed by atoms with Crippen molar-refractivity contribution in [1.29, 1.82) is 0 Å². The van der Waals surface area contributed by atoms with Crippen molar-refractivity contribution in [3.05, 3.63) is 35.4 Å². The van der Waals surface area contributed by atoms with Crippen molar-refractivity contribution in [3.8, 4) is 0 Å². The summed E-state index contributed by atoms with van der Waals surface area (Å²) in [5.41, 5.74) is 6.66. The summed E-state index contributed by atoms with van der Waals surface area (Å²) in [5.74, 6) is 1.72. The second-order valence-corrected chi connectivity index (χ2v) is 9.21. The Bertz CT molecular complexity index is 754. The Kier molecular flexibility index (Phi) is 5.13. The molecule has 6 heteroatoms. The molecule has 4 bridgehead atoms. The molecule has 0 radical (unpaired) electrons. The van der Waals surface area contributed by atoms with Gasteiger partial charge in [0.15, 0.2) is 0 Å². The molecule has 6 nitrogen and oxygen atoms in total. The molecule has 1 aromatic carbocycles. The molecular formula is C22H29N3O3. The highest BCUT2D eigenvalue weighted by atomic mass is 16.2. The van der Waals surface area contributed by atoms with Crippen molar-refractivity contribution >= 4 is 17.7 Å². The van der Waals surface area contributed by atoms with Crippen LogP contribution >= 0.6 is 0 Å². The Morgan fingerprint density at radius 3 is 2.21 bits per heavy atom. The molecule has 0 atom stereocenters. The Hall–Kier alpha value is -2.37. The number of nitrogens with one attached hydrogen (secondary N) is 2. The topological polar surface area (TPSA) is 101 Å². The van der Waals surface area contributed by atoms with Crippen LogP contribution in [0.25, 0.3) is 0 Å². The van der Waals surface area contributed by atoms with Gasteiger partial charge in [-0.05, 0) is 79.4 Å². The fourth-order valence-electron chi connectivity index (χ4n) is 6.19. The van der Waals surface area contributed by atoms with Gasteiger partial charge in [0.05, 0.1) is 6.54 Å². The highest BCUT2D eigenvalue weighted by Crippen LogP contribution is 2.61. The molecule has 4 fully saturated rings. The van der Waals surface area contributed by atoms with Crippen LogP contribution in [0.1, 0.15) is 60.9 Å². The largest absolute Gasteiger partial charge is 0.366 e. The first kappa shape index (κ1) is 19.0. The summed E-state index contributed by atoms with van der Waals surface area (Å²) < 4.78 is 0. The number of carbonyl (C=O) groups excluding carboxylic acids is 3. The molecule has 0 saturated heterocycles. The lowest BCUT2D eigenvalue weighted by Crippen LogP contribution is -2.48. The van der Waals surface area contributed by atoms with Crippen molar-refractivity contribution in [3.63, 3.8) is 0 Å². The maximum Gasteiger partial charge on any atom is 0.248 e. The van der Waals surface area contributed by atoms with Gasteiger partial charge >= 0.3 is 0 Å². The molecule has 4 saturated carbocycles. The Balaban J connectivity index is 1.22. The van der Waals surface area contributed by atoms with Gasteiger partial charge in [0, 0.05) is 18.5 Å². The molecule has 5 rings (SSSR count). The van der Waals surface area contributed by atoms with Crippen LogP contribution < -0.4 is 16.4 Å². The average molecular weight is 383 g/mol. The summed E-state index contributed by atoms with van der Waals surface area (Å²) in [7, 11) is 0. The van der Waals surface area contributed by atoms with E-state index in [0.29, 0.717) is 18.5 Å². The third-order valence-corrected chi connectivity index (χ3v) is 6.85. The van der Waals surface area contributed by atoms with Crippen molar-refractivity contribution in [1.82, 2.24) is 10.6 Å². The van der Waals surface area contributed by atoms with E-state index in [2.05, 4.69) is 10.6 Å². The first-order valence-corrected chi connectivity index (χ1v) is 10.3. The molecule has 4 N–H and O–H groups in total. The quantitative estimate of drug-likeness (QED) is 0.672. The van der Waals surface area contributed by atoms with E-state index >= 15 is 0 Å². The first-order valence-electron chi connectivity index (χ1n) is 10.3. The smallest absolute Gasteiger partial charge is 0.248 e. The number of nitrogens with two attached hydrogens (primary N) is 1. The minimum atomic E-state index is -0.495. The zero-order valence-electron chi connectivity index (χ0n) is 16.2. The number of benzene rings is 1. The van der Waals surface area contributed by atoms with Crippen LogP contribution in [0.5, 0.6) is 0 Å². The van der Waals surface area contributed by atoms with Crippen LogP contribution in [0.4, 0.5) is 0 Å². The van der Waals surface area contributed by atoms with Crippen molar-refractivity contribution in [2.75, 3.05) is 6.54 Å². The van der Waals surface area contributed by atoms with Gasteiger partial charge < -0.3 is 16.4 Å². The molecule has 3 amide bonds. The Morgan fingerprint density at radius 2 is 1.61 bits per heavy atom. The van der Waals surface area contributed by atoms with E-state index in [9.17, 15) is 14.4 Å². The summed E-state index contributed by atoms with van der Waals surface area (Å²) in [6.45, 7) is 0.283. The lowest BCUT2D eigenvalue weighted by Gasteiger charge is -2.56. The van der Waals surface area contributed by atoms with Crippen LogP contribution in [0, 0.1) is 23.2 Å². The molecule has 0 aromatic heterocycles. The minimum Gasteiger partial charge on any atom is -0.366 e. The average Bonchev–Trinajstić information content (AvgIpc) is 2.63. The number of hydrogen-bond donors (Lipinski definition) is 3. The predicted octanol–water partition coefficient (Wildman–Crippen LogP) is 2.12. The van der Waals surface area contributed by atoms with E-state index in [1.807, 2.05) is 6.07 Å². The molecule has 28 heavy (non-hydrogen) atoms. The van der Waals surface area contributed by atoms with E-state index < -0.39 is 5.91 Å². The van der Waals surface area contributed by atoms with Gasteiger partial charge in [-0.1, -0.05) is 12.1 Å². The lowest BCUT2D eigenvalue weighted by atomic mass is 9.49. The van der Waals surface area contributed by atoms with Gasteiger partial charge in [0.2, 0.25) is 17.7 Å². The molecule has 4 aliphatic carbocycles. The first-order chi connectivity index (χ1) is 13.4. The number of hydrogen-bond acceptors (Lipinski definition) is 3. The van der Waals surface area contributed by atoms with E-state index in [0.717, 1.165) is 23.3 Å². The lowest BCUT2D eigenvalue weighted by molar-refractivity contribution is -0.131. The number of carbonyl (C=O) groups is 3. The zero-order valence-corrected chi connectivity index (χ0v) is 16.2. The zero-order chi connectivity index (χ0) is 19.7. The summed E-state index contributed by atoms with van der Waals surface area (Å²) in [4.78, 5) is 35.8. The molecule has 150 valence electrons. The standard InChI is InChI=1S/C22H29N3O3/c23-21(28)18-3-1-2-14(7-18)12-24-20(27)13-25-19(26)11-22-8-15-4-16(9-22)6-17(5-15)10-22/h1-3,7,15-17H,4-6,8-13H2,(H2,23,28)(H,24,27)(H,25,26). The van der Waals surface area contributed by atoms with E-state index in [4.69, 9.17) is 5.73 Å². The van der Waals surface area contributed by atoms with Gasteiger partial charge in [-0.25, -0.2) is 0 Å². The third kappa shape index (κ3) is 4.21. The molecular weight excluding hydrogens is 354 g/mol. The van der Waals surface area contributed by atoms with E-state index in [1.54, 1.807) is 18.2 Å². The van der Waals surface area contributed by atoms with Crippen LogP contribution in [0.2, 0.25) is 0 Å². The molecule has 0 unspecified atom stereocenters. The van der Waals surface area contributed by atoms with E-state index in [1.165, 1.54) is 38.5 Å². The Morgan fingerprint density at radius 1 is 0.964 bits per heavy atom. The predicted molar refractivity (Wildman–Crippen MR) is 105 cm³/mol. The fourth-order valence-corrected chi connectivity index (χ4v) is 6.19. The second-order valence-electron chi connectivity index (χ2n) is 9.21. The summed E-state index contributed by atoms with van der Waals surface area (Å²) in [6, 6.07) is 6.85. The number of primary amides is 1. The normalized spacial score (nSPS) is 30.1. The Labute approximate surface area is 165 Å².